The molecule has 2 saturated carbocycles. The minimum absolute atomic E-state index is 0.374. The van der Waals surface area contributed by atoms with E-state index in [1.54, 1.807) is 0 Å². The van der Waals surface area contributed by atoms with Crippen molar-refractivity contribution in [1.82, 2.24) is 5.32 Å². The molecule has 1 unspecified atom stereocenters. The first kappa shape index (κ1) is 10.9. The lowest BCUT2D eigenvalue weighted by Crippen LogP contribution is -2.56. The minimum Gasteiger partial charge on any atom is -0.480 e. The Morgan fingerprint density at radius 3 is 2.40 bits per heavy atom. The lowest BCUT2D eigenvalue weighted by molar-refractivity contribution is -0.146. The van der Waals surface area contributed by atoms with Gasteiger partial charge in [-0.2, -0.15) is 0 Å². The van der Waals surface area contributed by atoms with Gasteiger partial charge in [-0.1, -0.05) is 19.3 Å². The second-order valence-corrected chi connectivity index (χ2v) is 5.22. The van der Waals surface area contributed by atoms with Gasteiger partial charge >= 0.3 is 5.97 Å². The molecule has 86 valence electrons. The van der Waals surface area contributed by atoms with Gasteiger partial charge in [-0.3, -0.25) is 10.1 Å². The van der Waals surface area contributed by atoms with Crippen molar-refractivity contribution in [3.63, 3.8) is 0 Å². The Kier molecular flexibility index (Phi) is 3.01. The molecule has 0 amide bonds. The molecule has 0 aromatic rings. The minimum atomic E-state index is -0.644. The van der Waals surface area contributed by atoms with Crippen LogP contribution in [0.3, 0.4) is 0 Å². The molecule has 0 spiro atoms. The van der Waals surface area contributed by atoms with Crippen molar-refractivity contribution in [2.45, 2.75) is 63.5 Å². The van der Waals surface area contributed by atoms with E-state index in [1.807, 2.05) is 0 Å². The standard InChI is InChI=1S/C12H21NO2/c1-9(10-5-6-10)13-12(11(14)15)7-3-2-4-8-12/h9-10,13H,2-8H2,1H3,(H,14,15). The summed E-state index contributed by atoms with van der Waals surface area (Å²) in [5.74, 6) is 0.0813. The highest BCUT2D eigenvalue weighted by molar-refractivity contribution is 5.79. The first-order valence-corrected chi connectivity index (χ1v) is 6.15. The Bertz CT molecular complexity index is 242. The Hall–Kier alpha value is -0.570. The van der Waals surface area contributed by atoms with Crippen molar-refractivity contribution in [2.24, 2.45) is 5.92 Å². The summed E-state index contributed by atoms with van der Waals surface area (Å²) >= 11 is 0. The van der Waals surface area contributed by atoms with Gasteiger partial charge in [0, 0.05) is 6.04 Å². The van der Waals surface area contributed by atoms with Crippen LogP contribution in [0.25, 0.3) is 0 Å². The molecule has 0 aromatic carbocycles. The van der Waals surface area contributed by atoms with Crippen LogP contribution in [-0.4, -0.2) is 22.7 Å². The lowest BCUT2D eigenvalue weighted by atomic mass is 9.81. The molecule has 2 rings (SSSR count). The van der Waals surface area contributed by atoms with E-state index in [0.29, 0.717) is 6.04 Å². The molecular formula is C12H21NO2. The van der Waals surface area contributed by atoms with Crippen molar-refractivity contribution in [3.05, 3.63) is 0 Å². The Labute approximate surface area is 91.2 Å². The third-order valence-electron chi connectivity index (χ3n) is 3.95. The summed E-state index contributed by atoms with van der Waals surface area (Å²) < 4.78 is 0. The fourth-order valence-electron chi connectivity index (χ4n) is 2.73. The molecule has 2 N–H and O–H groups in total. The van der Waals surface area contributed by atoms with E-state index in [0.717, 1.165) is 31.6 Å². The van der Waals surface area contributed by atoms with Gasteiger partial charge in [0.25, 0.3) is 0 Å². The maximum absolute atomic E-state index is 11.4. The normalized spacial score (nSPS) is 27.3. The van der Waals surface area contributed by atoms with Crippen LogP contribution in [0, 0.1) is 5.92 Å². The molecule has 3 heteroatoms. The maximum atomic E-state index is 11.4. The summed E-state index contributed by atoms with van der Waals surface area (Å²) in [5, 5.41) is 12.8. The smallest absolute Gasteiger partial charge is 0.323 e. The monoisotopic (exact) mass is 211 g/mol. The van der Waals surface area contributed by atoms with Crippen molar-refractivity contribution < 1.29 is 9.90 Å². The second kappa shape index (κ2) is 4.12. The Morgan fingerprint density at radius 1 is 1.33 bits per heavy atom. The zero-order valence-corrected chi connectivity index (χ0v) is 9.46. The van der Waals surface area contributed by atoms with E-state index in [-0.39, 0.29) is 0 Å². The van der Waals surface area contributed by atoms with Crippen molar-refractivity contribution in [3.8, 4) is 0 Å². The lowest BCUT2D eigenvalue weighted by Gasteiger charge is -2.36. The summed E-state index contributed by atoms with van der Waals surface area (Å²) in [6, 6.07) is 0.374. The largest absolute Gasteiger partial charge is 0.480 e. The van der Waals surface area contributed by atoms with Crippen LogP contribution in [0.15, 0.2) is 0 Å². The Morgan fingerprint density at radius 2 is 1.93 bits per heavy atom. The van der Waals surface area contributed by atoms with Gasteiger partial charge in [-0.15, -0.1) is 0 Å². The van der Waals surface area contributed by atoms with Gasteiger partial charge in [-0.25, -0.2) is 0 Å². The topological polar surface area (TPSA) is 49.3 Å². The first-order valence-electron chi connectivity index (χ1n) is 6.15. The van der Waals surface area contributed by atoms with E-state index in [2.05, 4.69) is 12.2 Å². The highest BCUT2D eigenvalue weighted by Gasteiger charge is 2.42. The highest BCUT2D eigenvalue weighted by atomic mass is 16.4. The SMILES string of the molecule is CC(NC1(C(=O)O)CCCCC1)C1CC1. The number of carbonyl (C=O) groups is 1. The molecule has 2 aliphatic rings. The highest BCUT2D eigenvalue weighted by Crippen LogP contribution is 2.36. The summed E-state index contributed by atoms with van der Waals surface area (Å²) in [5.41, 5.74) is -0.611. The summed E-state index contributed by atoms with van der Waals surface area (Å²) in [4.78, 5) is 11.4. The summed E-state index contributed by atoms with van der Waals surface area (Å²) in [7, 11) is 0. The van der Waals surface area contributed by atoms with Crippen molar-refractivity contribution in [1.29, 1.82) is 0 Å². The van der Waals surface area contributed by atoms with Crippen LogP contribution >= 0.6 is 0 Å². The van der Waals surface area contributed by atoms with E-state index in [1.165, 1.54) is 19.3 Å². The molecular weight excluding hydrogens is 190 g/mol. The van der Waals surface area contributed by atoms with Gasteiger partial charge in [0.1, 0.15) is 5.54 Å². The second-order valence-electron chi connectivity index (χ2n) is 5.22. The molecule has 2 aliphatic carbocycles. The molecule has 3 nitrogen and oxygen atoms in total. The zero-order valence-electron chi connectivity index (χ0n) is 9.46. The number of hydrogen-bond donors (Lipinski definition) is 2. The third-order valence-corrected chi connectivity index (χ3v) is 3.95. The average molecular weight is 211 g/mol. The predicted molar refractivity (Wildman–Crippen MR) is 58.8 cm³/mol. The fraction of sp³-hybridized carbons (Fsp3) is 0.917. The van der Waals surface area contributed by atoms with Crippen LogP contribution in [0.2, 0.25) is 0 Å². The summed E-state index contributed by atoms with van der Waals surface area (Å²) in [6.07, 6.45) is 7.44. The van der Waals surface area contributed by atoms with Crippen molar-refractivity contribution >= 4 is 5.97 Å². The molecule has 2 fully saturated rings. The first-order chi connectivity index (χ1) is 7.14. The van der Waals surface area contributed by atoms with E-state index < -0.39 is 11.5 Å². The number of nitrogens with one attached hydrogen (secondary N) is 1. The van der Waals surface area contributed by atoms with Gasteiger partial charge in [0.05, 0.1) is 0 Å². The van der Waals surface area contributed by atoms with Gasteiger partial charge in [0.2, 0.25) is 0 Å². The number of rotatable bonds is 4. The van der Waals surface area contributed by atoms with Gasteiger partial charge in [-0.05, 0) is 38.5 Å². The predicted octanol–water partition coefficient (Wildman–Crippen LogP) is 2.16. The Balaban J connectivity index is 2.00. The van der Waals surface area contributed by atoms with Crippen LogP contribution < -0.4 is 5.32 Å². The van der Waals surface area contributed by atoms with Crippen molar-refractivity contribution in [2.75, 3.05) is 0 Å². The van der Waals surface area contributed by atoms with Crippen LogP contribution in [0.5, 0.6) is 0 Å². The van der Waals surface area contributed by atoms with E-state index >= 15 is 0 Å². The van der Waals surface area contributed by atoms with Gasteiger partial charge in [0.15, 0.2) is 0 Å². The third kappa shape index (κ3) is 2.33. The molecule has 0 aliphatic heterocycles. The zero-order chi connectivity index (χ0) is 10.9. The number of carboxylic acids is 1. The average Bonchev–Trinajstić information content (AvgIpc) is 3.02. The number of carboxylic acid groups (broad SMARTS) is 1. The number of aliphatic carboxylic acids is 1. The molecule has 1 atom stereocenters. The molecule has 0 heterocycles. The maximum Gasteiger partial charge on any atom is 0.323 e. The van der Waals surface area contributed by atoms with E-state index in [9.17, 15) is 9.90 Å². The quantitative estimate of drug-likeness (QED) is 0.749. The molecule has 0 bridgehead atoms. The van der Waals surface area contributed by atoms with Gasteiger partial charge < -0.3 is 5.11 Å². The number of hydrogen-bond acceptors (Lipinski definition) is 2. The van der Waals surface area contributed by atoms with Crippen LogP contribution in [0.4, 0.5) is 0 Å². The van der Waals surface area contributed by atoms with Crippen LogP contribution in [-0.2, 0) is 4.79 Å². The van der Waals surface area contributed by atoms with Crippen LogP contribution in [0.1, 0.15) is 51.9 Å². The molecule has 0 radical (unpaired) electrons. The molecule has 0 saturated heterocycles. The fourth-order valence-corrected chi connectivity index (χ4v) is 2.73. The molecule has 0 aromatic heterocycles. The summed E-state index contributed by atoms with van der Waals surface area (Å²) in [6.45, 7) is 2.14. The van der Waals surface area contributed by atoms with E-state index in [4.69, 9.17) is 0 Å². The molecule has 15 heavy (non-hydrogen) atoms.